The molecule has 2 aromatic rings. The molecule has 0 radical (unpaired) electrons. The first kappa shape index (κ1) is 23.1. The highest BCUT2D eigenvalue weighted by Crippen LogP contribution is 2.37. The van der Waals surface area contributed by atoms with Gasteiger partial charge in [-0.25, -0.2) is 8.42 Å². The van der Waals surface area contributed by atoms with Gasteiger partial charge in [-0.15, -0.1) is 0 Å². The van der Waals surface area contributed by atoms with E-state index in [0.717, 1.165) is 0 Å². The molecule has 10 nitrogen and oxygen atoms in total. The Hall–Kier alpha value is -3.02. The highest BCUT2D eigenvalue weighted by Gasteiger charge is 2.34. The van der Waals surface area contributed by atoms with Gasteiger partial charge < -0.3 is 24.4 Å². The predicted molar refractivity (Wildman–Crippen MR) is 120 cm³/mol. The minimum absolute atomic E-state index is 0.0268. The Balaban J connectivity index is 1.50. The van der Waals surface area contributed by atoms with Crippen molar-refractivity contribution in [1.82, 2.24) is 9.21 Å². The molecule has 2 aliphatic rings. The molecule has 1 saturated heterocycles. The summed E-state index contributed by atoms with van der Waals surface area (Å²) >= 11 is 6.23. The van der Waals surface area contributed by atoms with Crippen LogP contribution in [0.5, 0.6) is 17.2 Å². The number of piperazine rings is 1. The van der Waals surface area contributed by atoms with E-state index in [9.17, 15) is 18.0 Å². The van der Waals surface area contributed by atoms with Crippen LogP contribution in [-0.2, 0) is 14.8 Å². The third-order valence-electron chi connectivity index (χ3n) is 5.45. The number of hydrogen-bond acceptors (Lipinski definition) is 7. The molecule has 33 heavy (non-hydrogen) atoms. The third-order valence-corrected chi connectivity index (χ3v) is 7.81. The maximum Gasteiger partial charge on any atom is 0.262 e. The number of rotatable bonds is 5. The summed E-state index contributed by atoms with van der Waals surface area (Å²) in [6.45, 7) is 0.379. The van der Waals surface area contributed by atoms with Gasteiger partial charge in [0.05, 0.1) is 30.5 Å². The van der Waals surface area contributed by atoms with Gasteiger partial charge in [-0.05, 0) is 18.2 Å². The molecule has 0 unspecified atom stereocenters. The molecule has 2 aliphatic heterocycles. The SMILES string of the molecule is COc1ccc(C(=O)N2CCN(S(=O)(=O)c3cc4c(cc3Cl)NC(=O)CO4)CC2)c(OC)c1. The molecular weight excluding hydrogens is 474 g/mol. The molecule has 2 aromatic carbocycles. The van der Waals surface area contributed by atoms with Gasteiger partial charge in [0, 0.05) is 38.3 Å². The number of amides is 2. The van der Waals surface area contributed by atoms with Gasteiger partial charge in [-0.1, -0.05) is 11.6 Å². The first-order valence-electron chi connectivity index (χ1n) is 10.0. The molecule has 0 aliphatic carbocycles. The smallest absolute Gasteiger partial charge is 0.262 e. The van der Waals surface area contributed by atoms with Crippen molar-refractivity contribution in [2.24, 2.45) is 0 Å². The van der Waals surface area contributed by atoms with Crippen molar-refractivity contribution in [2.75, 3.05) is 52.3 Å². The number of fused-ring (bicyclic) bond motifs is 1. The third kappa shape index (κ3) is 4.43. The summed E-state index contributed by atoms with van der Waals surface area (Å²) in [4.78, 5) is 25.9. The minimum Gasteiger partial charge on any atom is -0.497 e. The summed E-state index contributed by atoms with van der Waals surface area (Å²) in [5, 5.41) is 2.56. The Morgan fingerprint density at radius 2 is 1.82 bits per heavy atom. The first-order valence-corrected chi connectivity index (χ1v) is 11.8. The van der Waals surface area contributed by atoms with E-state index in [1.54, 1.807) is 23.1 Å². The zero-order valence-corrected chi connectivity index (χ0v) is 19.5. The van der Waals surface area contributed by atoms with Crippen molar-refractivity contribution in [3.8, 4) is 17.2 Å². The molecule has 1 N–H and O–H groups in total. The van der Waals surface area contributed by atoms with Crippen molar-refractivity contribution >= 4 is 39.1 Å². The second-order valence-corrected chi connectivity index (χ2v) is 9.69. The molecule has 12 heteroatoms. The van der Waals surface area contributed by atoms with Crippen LogP contribution in [0.2, 0.25) is 5.02 Å². The normalized spacial score (nSPS) is 16.5. The van der Waals surface area contributed by atoms with Crippen LogP contribution < -0.4 is 19.5 Å². The minimum atomic E-state index is -3.95. The molecule has 0 atom stereocenters. The first-order chi connectivity index (χ1) is 15.7. The highest BCUT2D eigenvalue weighted by atomic mass is 35.5. The lowest BCUT2D eigenvalue weighted by Gasteiger charge is -2.34. The number of nitrogens with zero attached hydrogens (tertiary/aromatic N) is 2. The number of nitrogens with one attached hydrogen (secondary N) is 1. The summed E-state index contributed by atoms with van der Waals surface area (Å²) in [5.41, 5.74) is 0.686. The number of benzene rings is 2. The predicted octanol–water partition coefficient (Wildman–Crippen LogP) is 1.83. The largest absolute Gasteiger partial charge is 0.497 e. The lowest BCUT2D eigenvalue weighted by molar-refractivity contribution is -0.118. The topological polar surface area (TPSA) is 114 Å². The maximum absolute atomic E-state index is 13.2. The number of carbonyl (C=O) groups is 2. The van der Waals surface area contributed by atoms with Gasteiger partial charge in [-0.3, -0.25) is 9.59 Å². The Kier molecular flexibility index (Phi) is 6.37. The van der Waals surface area contributed by atoms with E-state index in [-0.39, 0.29) is 60.3 Å². The van der Waals surface area contributed by atoms with Gasteiger partial charge in [0.2, 0.25) is 10.0 Å². The van der Waals surface area contributed by atoms with Crippen LogP contribution >= 0.6 is 11.6 Å². The summed E-state index contributed by atoms with van der Waals surface area (Å²) in [6.07, 6.45) is 0. The summed E-state index contributed by atoms with van der Waals surface area (Å²) in [6, 6.07) is 7.58. The Labute approximate surface area is 196 Å². The summed E-state index contributed by atoms with van der Waals surface area (Å²) in [5.74, 6) is 0.566. The fraction of sp³-hybridized carbons (Fsp3) is 0.333. The van der Waals surface area contributed by atoms with Gasteiger partial charge in [0.1, 0.15) is 22.1 Å². The van der Waals surface area contributed by atoms with E-state index in [1.165, 1.54) is 30.7 Å². The van der Waals surface area contributed by atoms with Gasteiger partial charge in [0.25, 0.3) is 11.8 Å². The molecule has 0 aromatic heterocycles. The number of halogens is 1. The number of methoxy groups -OCH3 is 2. The van der Waals surface area contributed by atoms with Gasteiger partial charge >= 0.3 is 0 Å². The van der Waals surface area contributed by atoms with Crippen LogP contribution in [0.4, 0.5) is 5.69 Å². The standard InChI is InChI=1S/C21H22ClN3O7S/c1-30-13-3-4-14(17(9-13)31-2)21(27)24-5-7-25(8-6-24)33(28,29)19-11-18-16(10-15(19)22)23-20(26)12-32-18/h3-4,9-11H,5-8,12H2,1-2H3,(H,23,26). The summed E-state index contributed by atoms with van der Waals surface area (Å²) in [7, 11) is -0.959. The average Bonchev–Trinajstić information content (AvgIpc) is 2.82. The van der Waals surface area contributed by atoms with Crippen molar-refractivity contribution in [1.29, 1.82) is 0 Å². The van der Waals surface area contributed by atoms with E-state index in [0.29, 0.717) is 22.7 Å². The van der Waals surface area contributed by atoms with Crippen LogP contribution in [0.25, 0.3) is 0 Å². The number of carbonyl (C=O) groups excluding carboxylic acids is 2. The molecule has 0 saturated carbocycles. The van der Waals surface area contributed by atoms with Gasteiger partial charge in [0.15, 0.2) is 6.61 Å². The van der Waals surface area contributed by atoms with Crippen molar-refractivity contribution in [3.63, 3.8) is 0 Å². The van der Waals surface area contributed by atoms with E-state index >= 15 is 0 Å². The van der Waals surface area contributed by atoms with Gasteiger partial charge in [-0.2, -0.15) is 4.31 Å². The van der Waals surface area contributed by atoms with E-state index in [2.05, 4.69) is 5.32 Å². The molecule has 176 valence electrons. The molecular formula is C21H22ClN3O7S. The molecule has 2 heterocycles. The molecule has 2 amide bonds. The van der Waals surface area contributed by atoms with Crippen molar-refractivity contribution in [3.05, 3.63) is 40.9 Å². The van der Waals surface area contributed by atoms with Crippen LogP contribution in [0, 0.1) is 0 Å². The second kappa shape index (κ2) is 9.08. The summed E-state index contributed by atoms with van der Waals surface area (Å²) < 4.78 is 43.5. The zero-order valence-electron chi connectivity index (χ0n) is 18.0. The fourth-order valence-electron chi connectivity index (χ4n) is 3.70. The maximum atomic E-state index is 13.2. The zero-order chi connectivity index (χ0) is 23.8. The van der Waals surface area contributed by atoms with E-state index in [4.69, 9.17) is 25.8 Å². The van der Waals surface area contributed by atoms with Crippen LogP contribution in [0.15, 0.2) is 35.2 Å². The van der Waals surface area contributed by atoms with Crippen molar-refractivity contribution < 1.29 is 32.2 Å². The quantitative estimate of drug-likeness (QED) is 0.673. The van der Waals surface area contributed by atoms with Crippen LogP contribution in [0.1, 0.15) is 10.4 Å². The fourth-order valence-corrected chi connectivity index (χ4v) is 5.63. The Bertz CT molecular complexity index is 1210. The van der Waals surface area contributed by atoms with Crippen LogP contribution in [-0.4, -0.2) is 76.4 Å². The van der Waals surface area contributed by atoms with E-state index in [1.807, 2.05) is 0 Å². The number of ether oxygens (including phenoxy) is 3. The Morgan fingerprint density at radius 1 is 1.09 bits per heavy atom. The average molecular weight is 496 g/mol. The number of hydrogen-bond donors (Lipinski definition) is 1. The highest BCUT2D eigenvalue weighted by molar-refractivity contribution is 7.89. The molecule has 1 fully saturated rings. The number of sulfonamides is 1. The van der Waals surface area contributed by atoms with Crippen molar-refractivity contribution in [2.45, 2.75) is 4.90 Å². The van der Waals surface area contributed by atoms with E-state index < -0.39 is 10.0 Å². The second-order valence-electron chi connectivity index (χ2n) is 7.38. The number of anilines is 1. The monoisotopic (exact) mass is 495 g/mol. The molecule has 0 spiro atoms. The lowest BCUT2D eigenvalue weighted by atomic mass is 10.1. The molecule has 4 rings (SSSR count). The Morgan fingerprint density at radius 3 is 2.48 bits per heavy atom. The van der Waals surface area contributed by atoms with Crippen LogP contribution in [0.3, 0.4) is 0 Å². The molecule has 0 bridgehead atoms. The lowest BCUT2D eigenvalue weighted by Crippen LogP contribution is -2.50.